The molecule has 121 heavy (non-hydrogen) atoms. The van der Waals surface area contributed by atoms with E-state index in [1.807, 2.05) is 103 Å². The first kappa shape index (κ1) is 95.5. The van der Waals surface area contributed by atoms with Crippen LogP contribution in [0.4, 0.5) is 22.7 Å². The Kier molecular flexibility index (Phi) is 39.2. The van der Waals surface area contributed by atoms with Gasteiger partial charge in [0.2, 0.25) is 23.6 Å². The minimum Gasteiger partial charge on any atom is -0.478 e. The number of carbonyl (C=O) groups excluding carboxylic acids is 4. The van der Waals surface area contributed by atoms with Crippen LogP contribution in [0.3, 0.4) is 0 Å². The van der Waals surface area contributed by atoms with E-state index in [0.717, 1.165) is 181 Å². The number of anilines is 4. The van der Waals surface area contributed by atoms with E-state index in [-0.39, 0.29) is 53.4 Å². The van der Waals surface area contributed by atoms with Gasteiger partial charge in [0.05, 0.1) is 107 Å². The lowest BCUT2D eigenvalue weighted by Gasteiger charge is -2.25. The van der Waals surface area contributed by atoms with Crippen LogP contribution < -0.4 is 19.6 Å². The highest BCUT2D eigenvalue weighted by atomic mass is 32.1. The van der Waals surface area contributed by atoms with Crippen LogP contribution in [0.5, 0.6) is 0 Å². The average molecular weight is 1720 g/mol. The van der Waals surface area contributed by atoms with Crippen molar-refractivity contribution in [1.82, 2.24) is 0 Å². The van der Waals surface area contributed by atoms with Crippen LogP contribution in [0.25, 0.3) is 0 Å². The first-order valence-electron chi connectivity index (χ1n) is 42.5. The predicted octanol–water partition coefficient (Wildman–Crippen LogP) is 19.0. The lowest BCUT2D eigenvalue weighted by Crippen LogP contribution is -2.36. The molecule has 4 fully saturated rings. The number of aliphatic hydroxyl groups is 4. The number of amides is 4. The van der Waals surface area contributed by atoms with Crippen molar-refractivity contribution >= 4 is 104 Å². The molecule has 0 saturated carbocycles. The number of carbonyl (C=O) groups is 8. The molecule has 8 N–H and O–H groups in total. The Labute approximate surface area is 721 Å². The molecule has 0 aliphatic carbocycles. The summed E-state index contributed by atoms with van der Waals surface area (Å²) in [5, 5.41) is 77.4. The number of carboxylic acids is 4. The third-order valence-corrected chi connectivity index (χ3v) is 25.0. The van der Waals surface area contributed by atoms with Gasteiger partial charge in [0.1, 0.15) is 14.6 Å². The second-order valence-electron chi connectivity index (χ2n) is 31.0. The SMILES string of the molecule is CCCCC(O)c1ccc(N2C(=O)CC[C@H]2COCc2ccc(C(=O)O)s2)cc1.CCCCCC(O)c1ccc(N2C(=O)CC[C@H]2COCc2ccc(C(=O)O)s2)cc1.CCCCCC(O)c1ccc(N2C(=O)CC[C@H]2COCc2cccc(C(=O)O)c2)cc1.CCCCCCC(O)c1ccc(N2C(=O)CC[C@H]2COCc2ccc(C(=O)O)s2)cc1. The fraction of sp³-hybridized carbons (Fsp3) is 0.468. The van der Waals surface area contributed by atoms with Gasteiger partial charge < -0.3 is 79.4 Å². The van der Waals surface area contributed by atoms with Gasteiger partial charge >= 0.3 is 23.9 Å². The minimum atomic E-state index is -0.964. The van der Waals surface area contributed by atoms with Gasteiger partial charge in [-0.15, -0.1) is 34.0 Å². The summed E-state index contributed by atoms with van der Waals surface area (Å²) in [6.45, 7) is 11.4. The number of thiophene rings is 3. The van der Waals surface area contributed by atoms with E-state index in [4.69, 9.17) is 39.4 Å². The van der Waals surface area contributed by atoms with Crippen LogP contribution in [0.2, 0.25) is 0 Å². The largest absolute Gasteiger partial charge is 0.478 e. The molecule has 4 aliphatic rings. The van der Waals surface area contributed by atoms with Crippen molar-refractivity contribution in [2.75, 3.05) is 46.0 Å². The number of carboxylic acid groups (broad SMARTS) is 4. The summed E-state index contributed by atoms with van der Waals surface area (Å²) in [4.78, 5) is 104. The Morgan fingerprint density at radius 3 is 0.884 bits per heavy atom. The predicted molar refractivity (Wildman–Crippen MR) is 470 cm³/mol. The van der Waals surface area contributed by atoms with E-state index >= 15 is 0 Å². The van der Waals surface area contributed by atoms with Crippen molar-refractivity contribution in [3.63, 3.8) is 0 Å². The molecule has 7 heterocycles. The topological polar surface area (TPSA) is 348 Å². The van der Waals surface area contributed by atoms with E-state index in [0.29, 0.717) is 93.2 Å². The highest BCUT2D eigenvalue weighted by molar-refractivity contribution is 7.14. The van der Waals surface area contributed by atoms with Crippen LogP contribution in [0, 0.1) is 0 Å². The zero-order valence-electron chi connectivity index (χ0n) is 69.7. The van der Waals surface area contributed by atoms with E-state index in [2.05, 4.69) is 27.7 Å². The Morgan fingerprint density at radius 1 is 0.339 bits per heavy atom. The summed E-state index contributed by atoms with van der Waals surface area (Å²) in [7, 11) is 0. The van der Waals surface area contributed by atoms with Gasteiger partial charge in [0.15, 0.2) is 0 Å². The second-order valence-corrected chi connectivity index (χ2v) is 34.5. The van der Waals surface area contributed by atoms with Crippen LogP contribution >= 0.6 is 34.0 Å². The molecule has 4 unspecified atom stereocenters. The van der Waals surface area contributed by atoms with E-state index in [1.165, 1.54) is 46.9 Å². The molecule has 8 atom stereocenters. The first-order chi connectivity index (χ1) is 58.5. The molecule has 12 rings (SSSR count). The number of hydrogen-bond acceptors (Lipinski definition) is 19. The number of ether oxygens (including phenoxy) is 4. The number of benzene rings is 5. The van der Waals surface area contributed by atoms with E-state index < -0.39 is 48.3 Å². The fourth-order valence-electron chi connectivity index (χ4n) is 15.2. The quantitative estimate of drug-likeness (QED) is 0.0164. The van der Waals surface area contributed by atoms with Crippen molar-refractivity contribution in [3.8, 4) is 0 Å². The summed E-state index contributed by atoms with van der Waals surface area (Å²) in [5.74, 6) is -3.48. The highest BCUT2D eigenvalue weighted by Gasteiger charge is 2.37. The molecule has 5 aromatic carbocycles. The van der Waals surface area contributed by atoms with Gasteiger partial charge in [-0.05, 0) is 176 Å². The molecule has 0 radical (unpaired) electrons. The smallest absolute Gasteiger partial charge is 0.345 e. The number of unbranched alkanes of at least 4 members (excludes halogenated alkanes) is 8. The maximum Gasteiger partial charge on any atom is 0.345 e. The van der Waals surface area contributed by atoms with Gasteiger partial charge in [0, 0.05) is 63.1 Å². The molecule has 652 valence electrons. The Bertz CT molecular complexity index is 4570. The monoisotopic (exact) mass is 1720 g/mol. The van der Waals surface area contributed by atoms with Crippen molar-refractivity contribution in [2.45, 2.75) is 257 Å². The molecule has 27 heteroatoms. The number of aliphatic hydroxyl groups excluding tert-OH is 4. The zero-order chi connectivity index (χ0) is 86.7. The number of aromatic carboxylic acids is 4. The Morgan fingerprint density at radius 2 is 0.612 bits per heavy atom. The third kappa shape index (κ3) is 29.2. The number of rotatable bonds is 44. The number of hydrogen-bond donors (Lipinski definition) is 8. The standard InChI is InChI=1S/C25H31NO5.C24H31NO5S.C23H29NO5S.C22H27NO5S/c1-2-3-4-8-23(27)19-9-11-21(12-10-19)26-22(13-14-24(26)28)17-31-16-18-6-5-7-20(15-18)25(29)30;1-2-3-4-5-6-21(26)17-7-9-18(10-8-17)25-19(11-14-23(25)27)15-30-16-20-12-13-22(31-20)24(28)29;1-2-3-4-5-20(25)16-6-8-17(9-7-16)24-18(10-13-22(24)26)14-29-15-19-11-12-21(30-19)23(27)28;1-2-3-4-19(24)15-5-7-16(8-6-15)23-17(9-12-21(23)25)13-28-14-18-10-11-20(29-18)22(26)27/h5-7,9-12,15,22-23,27H,2-4,8,13-14,16-17H2,1H3,(H,29,30);7-10,12-13,19,21,26H,2-6,11,14-16H2,1H3,(H,28,29);6-9,11-12,18,20,25H,2-5,10,13-15H2,1H3,(H,27,28);5-8,10-11,17,19,24H,2-4,9,12-14H2,1H3,(H,26,27)/t22-,23?;19-,21?;18-,20?;17-,19?/m0000/s1. The maximum absolute atomic E-state index is 12.5. The lowest BCUT2D eigenvalue weighted by atomic mass is 10.0. The van der Waals surface area contributed by atoms with Gasteiger partial charge in [-0.3, -0.25) is 19.2 Å². The average Bonchev–Trinajstić information content (AvgIpc) is 1.69. The van der Waals surface area contributed by atoms with E-state index in [1.54, 1.807) is 74.2 Å². The second kappa shape index (κ2) is 49.7. The molecule has 4 saturated heterocycles. The normalized spacial score (nSPS) is 17.4. The van der Waals surface area contributed by atoms with Crippen LogP contribution in [-0.4, -0.2) is 139 Å². The van der Waals surface area contributed by atoms with Crippen LogP contribution in [0.1, 0.15) is 288 Å². The first-order valence-corrected chi connectivity index (χ1v) is 44.9. The lowest BCUT2D eigenvalue weighted by molar-refractivity contribution is -0.118. The molecular formula is C94H118N4O20S3. The summed E-state index contributed by atoms with van der Waals surface area (Å²) in [6.07, 6.45) is 18.9. The molecule has 0 bridgehead atoms. The number of nitrogens with zero attached hydrogens (tertiary/aromatic N) is 4. The molecule has 0 spiro atoms. The minimum absolute atomic E-state index is 0.0442. The van der Waals surface area contributed by atoms with Crippen molar-refractivity contribution in [1.29, 1.82) is 0 Å². The third-order valence-electron chi connectivity index (χ3n) is 21.9. The molecule has 4 amide bonds. The molecule has 24 nitrogen and oxygen atoms in total. The molecular weight excluding hydrogens is 1600 g/mol. The molecule has 4 aliphatic heterocycles. The Balaban J connectivity index is 0.000000183. The van der Waals surface area contributed by atoms with Crippen molar-refractivity contribution in [3.05, 3.63) is 220 Å². The van der Waals surface area contributed by atoms with Crippen molar-refractivity contribution in [2.24, 2.45) is 0 Å². The van der Waals surface area contributed by atoms with E-state index in [9.17, 15) is 58.8 Å². The van der Waals surface area contributed by atoms with Crippen LogP contribution in [0.15, 0.2) is 158 Å². The summed E-state index contributed by atoms with van der Waals surface area (Å²) in [5.41, 5.74) is 7.79. The van der Waals surface area contributed by atoms with Crippen LogP contribution in [-0.2, 0) is 64.6 Å². The maximum atomic E-state index is 12.5. The van der Waals surface area contributed by atoms with Crippen molar-refractivity contribution < 1.29 is 98.2 Å². The summed E-state index contributed by atoms with van der Waals surface area (Å²) >= 11 is 3.61. The van der Waals surface area contributed by atoms with Gasteiger partial charge in [-0.2, -0.15) is 0 Å². The zero-order valence-corrected chi connectivity index (χ0v) is 72.2. The molecule has 3 aromatic heterocycles. The molecule has 8 aromatic rings. The summed E-state index contributed by atoms with van der Waals surface area (Å²) < 4.78 is 23.2. The van der Waals surface area contributed by atoms with Gasteiger partial charge in [-0.25, -0.2) is 19.2 Å². The summed E-state index contributed by atoms with van der Waals surface area (Å²) in [6, 6.07) is 46.8. The fourth-order valence-corrected chi connectivity index (χ4v) is 17.5. The van der Waals surface area contributed by atoms with Gasteiger partial charge in [-0.1, -0.05) is 165 Å². The van der Waals surface area contributed by atoms with Gasteiger partial charge in [0.25, 0.3) is 0 Å². The Hall–Kier alpha value is -9.36. The highest BCUT2D eigenvalue weighted by Crippen LogP contribution is 2.36.